The lowest BCUT2D eigenvalue weighted by atomic mass is 10.1. The molecule has 9 heteroatoms. The van der Waals surface area contributed by atoms with E-state index in [0.29, 0.717) is 17.3 Å². The van der Waals surface area contributed by atoms with Crippen LogP contribution in [0.2, 0.25) is 0 Å². The Kier molecular flexibility index (Phi) is 5.58. The fraction of sp³-hybridized carbons (Fsp3) is 0.250. The summed E-state index contributed by atoms with van der Waals surface area (Å²) < 4.78 is 2.95. The molecule has 2 aromatic heterocycles. The van der Waals surface area contributed by atoms with E-state index in [1.807, 2.05) is 20.9 Å². The van der Waals surface area contributed by atoms with E-state index in [2.05, 4.69) is 21.0 Å². The number of nitrogens with zero attached hydrogens (tertiary/aromatic N) is 4. The summed E-state index contributed by atoms with van der Waals surface area (Å²) in [6.07, 6.45) is 2.96. The van der Waals surface area contributed by atoms with Gasteiger partial charge in [-0.1, -0.05) is 18.2 Å². The van der Waals surface area contributed by atoms with Crippen LogP contribution in [0.15, 0.2) is 35.1 Å². The number of amides is 2. The second-order valence-corrected chi connectivity index (χ2v) is 6.50. The molecule has 0 aliphatic carbocycles. The molecule has 0 aliphatic rings. The summed E-state index contributed by atoms with van der Waals surface area (Å²) in [6.45, 7) is 5.84. The number of fused-ring (bicyclic) bond motifs is 1. The Labute approximate surface area is 167 Å². The average Bonchev–Trinajstić information content (AvgIpc) is 2.96. The number of rotatable bonds is 4. The minimum Gasteiger partial charge on any atom is -0.272 e. The van der Waals surface area contributed by atoms with E-state index < -0.39 is 11.8 Å². The third-order valence-electron chi connectivity index (χ3n) is 4.65. The van der Waals surface area contributed by atoms with Crippen LogP contribution in [0.25, 0.3) is 16.8 Å². The zero-order chi connectivity index (χ0) is 21.1. The lowest BCUT2D eigenvalue weighted by Crippen LogP contribution is -2.42. The third-order valence-corrected chi connectivity index (χ3v) is 4.65. The van der Waals surface area contributed by atoms with Gasteiger partial charge in [-0.15, -0.1) is 0 Å². The number of benzene rings is 1. The normalized spacial score (nSPS) is 11.2. The quantitative estimate of drug-likeness (QED) is 0.511. The summed E-state index contributed by atoms with van der Waals surface area (Å²) in [5.41, 5.74) is 7.04. The molecule has 0 saturated carbocycles. The van der Waals surface area contributed by atoms with Crippen LogP contribution in [0.4, 0.5) is 0 Å². The topological polar surface area (TPSA) is 111 Å². The first-order valence-electron chi connectivity index (χ1n) is 9.12. The van der Waals surface area contributed by atoms with Gasteiger partial charge in [0, 0.05) is 36.3 Å². The number of hydrogen-bond acceptors (Lipinski definition) is 5. The molecule has 0 spiro atoms. The van der Waals surface area contributed by atoms with Crippen LogP contribution in [0.1, 0.15) is 34.4 Å². The van der Waals surface area contributed by atoms with E-state index in [0.717, 1.165) is 17.0 Å². The number of aromatic nitrogens is 4. The van der Waals surface area contributed by atoms with Crippen LogP contribution in [0.5, 0.6) is 0 Å². The molecule has 3 rings (SSSR count). The van der Waals surface area contributed by atoms with Gasteiger partial charge in [0.05, 0.1) is 11.1 Å². The smallest absolute Gasteiger partial charge is 0.272 e. The Hall–Kier alpha value is -3.75. The molecule has 0 atom stereocenters. The number of aryl methyl sites for hydroxylation is 3. The molecule has 3 aromatic rings. The number of carbonyl (C=O) groups excluding carboxylic acids is 2. The van der Waals surface area contributed by atoms with Crippen molar-refractivity contribution in [1.29, 1.82) is 0 Å². The van der Waals surface area contributed by atoms with Gasteiger partial charge in [-0.2, -0.15) is 10.2 Å². The number of carbonyl (C=O) groups is 2. The van der Waals surface area contributed by atoms with Crippen LogP contribution < -0.4 is 16.4 Å². The predicted octanol–water partition coefficient (Wildman–Crippen LogP) is 1.24. The van der Waals surface area contributed by atoms with E-state index in [1.165, 1.54) is 10.8 Å². The first-order valence-corrected chi connectivity index (χ1v) is 9.12. The molecule has 0 fully saturated rings. The Balaban J connectivity index is 1.77. The van der Waals surface area contributed by atoms with Crippen molar-refractivity contribution in [1.82, 2.24) is 30.4 Å². The summed E-state index contributed by atoms with van der Waals surface area (Å²) in [4.78, 5) is 37.1. The maximum absolute atomic E-state index is 12.6. The molecular formula is C20H22N6O3. The van der Waals surface area contributed by atoms with Crippen molar-refractivity contribution in [3.05, 3.63) is 63.3 Å². The van der Waals surface area contributed by atoms with E-state index in [4.69, 9.17) is 0 Å². The maximum Gasteiger partial charge on any atom is 0.290 e. The fourth-order valence-corrected chi connectivity index (χ4v) is 3.03. The van der Waals surface area contributed by atoms with Gasteiger partial charge in [-0.05, 0) is 32.9 Å². The Bertz CT molecular complexity index is 1190. The first kappa shape index (κ1) is 20.0. The molecule has 150 valence electrons. The molecule has 2 heterocycles. The maximum atomic E-state index is 12.6. The molecule has 0 unspecified atom stereocenters. The molecule has 0 aliphatic heterocycles. The number of hydrogen-bond donors (Lipinski definition) is 2. The monoisotopic (exact) mass is 394 g/mol. The van der Waals surface area contributed by atoms with E-state index in [9.17, 15) is 14.4 Å². The SMILES string of the molecule is CCn1nc(C(=O)NNC(=O)/C=C/c2c(C)nn(C)c2C)c2ccccc2c1=O. The number of nitrogens with one attached hydrogen (secondary N) is 2. The molecule has 0 saturated heterocycles. The molecule has 29 heavy (non-hydrogen) atoms. The molecule has 1 aromatic carbocycles. The van der Waals surface area contributed by atoms with Gasteiger partial charge in [0.25, 0.3) is 17.4 Å². The summed E-state index contributed by atoms with van der Waals surface area (Å²) >= 11 is 0. The molecule has 0 radical (unpaired) electrons. The van der Waals surface area contributed by atoms with Gasteiger partial charge in [0.15, 0.2) is 5.69 Å². The van der Waals surface area contributed by atoms with Crippen molar-refractivity contribution in [3.8, 4) is 0 Å². The van der Waals surface area contributed by atoms with Gasteiger partial charge in [-0.3, -0.25) is 29.9 Å². The van der Waals surface area contributed by atoms with Crippen molar-refractivity contribution < 1.29 is 9.59 Å². The molecule has 0 bridgehead atoms. The fourth-order valence-electron chi connectivity index (χ4n) is 3.03. The lowest BCUT2D eigenvalue weighted by Gasteiger charge is -2.10. The Morgan fingerprint density at radius 2 is 1.79 bits per heavy atom. The summed E-state index contributed by atoms with van der Waals surface area (Å²) in [5.74, 6) is -1.12. The molecule has 2 amide bonds. The minimum absolute atomic E-state index is 0.0604. The van der Waals surface area contributed by atoms with Crippen LogP contribution in [0, 0.1) is 13.8 Å². The summed E-state index contributed by atoms with van der Waals surface area (Å²) in [6, 6.07) is 6.73. The van der Waals surface area contributed by atoms with Gasteiger partial charge in [0.2, 0.25) is 0 Å². The van der Waals surface area contributed by atoms with Crippen molar-refractivity contribution in [2.45, 2.75) is 27.3 Å². The second kappa shape index (κ2) is 8.09. The standard InChI is InChI=1S/C20H22N6O3/c1-5-26-20(29)16-9-7-6-8-15(16)18(24-26)19(28)22-21-17(27)11-10-14-12(2)23-25(4)13(14)3/h6-11H,5H2,1-4H3,(H,21,27)(H,22,28)/b11-10+. The highest BCUT2D eigenvalue weighted by Gasteiger charge is 2.16. The van der Waals surface area contributed by atoms with E-state index in [-0.39, 0.29) is 11.3 Å². The number of hydrazine groups is 1. The van der Waals surface area contributed by atoms with Crippen molar-refractivity contribution in [3.63, 3.8) is 0 Å². The van der Waals surface area contributed by atoms with Gasteiger partial charge < -0.3 is 0 Å². The highest BCUT2D eigenvalue weighted by Crippen LogP contribution is 2.14. The zero-order valence-corrected chi connectivity index (χ0v) is 16.7. The Morgan fingerprint density at radius 3 is 2.41 bits per heavy atom. The van der Waals surface area contributed by atoms with Crippen LogP contribution in [-0.2, 0) is 18.4 Å². The van der Waals surface area contributed by atoms with Crippen LogP contribution >= 0.6 is 0 Å². The predicted molar refractivity (Wildman–Crippen MR) is 109 cm³/mol. The summed E-state index contributed by atoms with van der Waals surface area (Å²) in [7, 11) is 1.83. The van der Waals surface area contributed by atoms with Gasteiger partial charge in [-0.25, -0.2) is 4.68 Å². The molecule has 9 nitrogen and oxygen atoms in total. The highest BCUT2D eigenvalue weighted by molar-refractivity contribution is 6.05. The van der Waals surface area contributed by atoms with Crippen molar-refractivity contribution in [2.75, 3.05) is 0 Å². The van der Waals surface area contributed by atoms with Crippen LogP contribution in [0.3, 0.4) is 0 Å². The van der Waals surface area contributed by atoms with Gasteiger partial charge in [0.1, 0.15) is 0 Å². The third kappa shape index (κ3) is 3.93. The lowest BCUT2D eigenvalue weighted by molar-refractivity contribution is -0.117. The van der Waals surface area contributed by atoms with Crippen LogP contribution in [-0.4, -0.2) is 31.4 Å². The van der Waals surface area contributed by atoms with E-state index in [1.54, 1.807) is 41.9 Å². The largest absolute Gasteiger partial charge is 0.290 e. The first-order chi connectivity index (χ1) is 13.8. The second-order valence-electron chi connectivity index (χ2n) is 6.50. The minimum atomic E-state index is -0.612. The zero-order valence-electron chi connectivity index (χ0n) is 16.7. The average molecular weight is 394 g/mol. The highest BCUT2D eigenvalue weighted by atomic mass is 16.2. The van der Waals surface area contributed by atoms with Crippen molar-refractivity contribution >= 4 is 28.7 Å². The Morgan fingerprint density at radius 1 is 1.10 bits per heavy atom. The van der Waals surface area contributed by atoms with E-state index >= 15 is 0 Å². The molecular weight excluding hydrogens is 372 g/mol. The summed E-state index contributed by atoms with van der Waals surface area (Å²) in [5, 5.41) is 9.22. The van der Waals surface area contributed by atoms with Crippen molar-refractivity contribution in [2.24, 2.45) is 7.05 Å². The van der Waals surface area contributed by atoms with Gasteiger partial charge >= 0.3 is 0 Å². The molecule has 2 N–H and O–H groups in total.